The minimum atomic E-state index is -0.547. The molecule has 0 saturated heterocycles. The maximum Gasteiger partial charge on any atom is 0.115 e. The molecule has 2 aromatic heterocycles. The first kappa shape index (κ1) is 12.1. The predicted molar refractivity (Wildman–Crippen MR) is 87.7 cm³/mol. The summed E-state index contributed by atoms with van der Waals surface area (Å²) in [7, 11) is 0. The molecule has 0 aliphatic heterocycles. The number of aliphatic hydroxyl groups excluding tert-OH is 1. The van der Waals surface area contributed by atoms with E-state index in [4.69, 9.17) is 0 Å². The fourth-order valence-corrected chi connectivity index (χ4v) is 4.53. The van der Waals surface area contributed by atoms with Gasteiger partial charge in [-0.2, -0.15) is 0 Å². The van der Waals surface area contributed by atoms with Gasteiger partial charge in [-0.15, -0.1) is 22.7 Å². The third-order valence-electron chi connectivity index (χ3n) is 3.52. The molecular formula is C17H12OS2. The SMILES string of the molecule is OC(c1cc2ccccc2s1)c1cccc2ccsc12. The second kappa shape index (κ2) is 4.70. The van der Waals surface area contributed by atoms with E-state index in [1.807, 2.05) is 24.3 Å². The molecular weight excluding hydrogens is 284 g/mol. The normalized spacial score (nSPS) is 13.1. The summed E-state index contributed by atoms with van der Waals surface area (Å²) >= 11 is 3.35. The van der Waals surface area contributed by atoms with Crippen molar-refractivity contribution in [2.24, 2.45) is 0 Å². The number of hydrogen-bond donors (Lipinski definition) is 1. The fourth-order valence-electron chi connectivity index (χ4n) is 2.52. The molecule has 20 heavy (non-hydrogen) atoms. The summed E-state index contributed by atoms with van der Waals surface area (Å²) < 4.78 is 2.40. The number of thiophene rings is 2. The van der Waals surface area contributed by atoms with Gasteiger partial charge in [0.2, 0.25) is 0 Å². The van der Waals surface area contributed by atoms with Crippen LogP contribution in [0.3, 0.4) is 0 Å². The highest BCUT2D eigenvalue weighted by atomic mass is 32.1. The number of hydrogen-bond acceptors (Lipinski definition) is 3. The second-order valence-corrected chi connectivity index (χ2v) is 6.81. The first-order chi connectivity index (χ1) is 9.83. The van der Waals surface area contributed by atoms with Crippen LogP contribution >= 0.6 is 22.7 Å². The van der Waals surface area contributed by atoms with Gasteiger partial charge in [0.05, 0.1) is 0 Å². The van der Waals surface area contributed by atoms with Crippen LogP contribution in [0.4, 0.5) is 0 Å². The topological polar surface area (TPSA) is 20.2 Å². The summed E-state index contributed by atoms with van der Waals surface area (Å²) in [4.78, 5) is 1.01. The summed E-state index contributed by atoms with van der Waals surface area (Å²) in [5, 5.41) is 15.2. The van der Waals surface area contributed by atoms with Gasteiger partial charge in [0, 0.05) is 19.8 Å². The first-order valence-electron chi connectivity index (χ1n) is 6.45. The first-order valence-corrected chi connectivity index (χ1v) is 8.15. The largest absolute Gasteiger partial charge is 0.383 e. The van der Waals surface area contributed by atoms with Crippen LogP contribution in [0.15, 0.2) is 60.0 Å². The van der Waals surface area contributed by atoms with E-state index in [2.05, 4.69) is 35.7 Å². The Bertz CT molecular complexity index is 855. The molecule has 0 aliphatic rings. The van der Waals surface area contributed by atoms with E-state index in [-0.39, 0.29) is 0 Å². The van der Waals surface area contributed by atoms with Gasteiger partial charge in [-0.05, 0) is 34.4 Å². The van der Waals surface area contributed by atoms with E-state index < -0.39 is 6.10 Å². The third kappa shape index (κ3) is 1.86. The van der Waals surface area contributed by atoms with Gasteiger partial charge in [0.15, 0.2) is 0 Å². The molecule has 98 valence electrons. The molecule has 3 heteroatoms. The molecule has 0 saturated carbocycles. The van der Waals surface area contributed by atoms with Gasteiger partial charge < -0.3 is 5.11 Å². The van der Waals surface area contributed by atoms with Gasteiger partial charge in [0.1, 0.15) is 6.10 Å². The van der Waals surface area contributed by atoms with Crippen molar-refractivity contribution < 1.29 is 5.11 Å². The molecule has 0 amide bonds. The number of fused-ring (bicyclic) bond motifs is 2. The Kier molecular flexibility index (Phi) is 2.84. The summed E-state index contributed by atoms with van der Waals surface area (Å²) in [5.41, 5.74) is 1.00. The lowest BCUT2D eigenvalue weighted by atomic mass is 10.1. The standard InChI is InChI=1S/C17H12OS2/c18-16(13-6-3-5-11-8-9-19-17(11)13)15-10-12-4-1-2-7-14(12)20-15/h1-10,16,18H. The lowest BCUT2D eigenvalue weighted by Crippen LogP contribution is -1.96. The quantitative estimate of drug-likeness (QED) is 0.539. The van der Waals surface area contributed by atoms with Crippen LogP contribution in [0.25, 0.3) is 20.2 Å². The second-order valence-electron chi connectivity index (χ2n) is 4.78. The summed E-state index contributed by atoms with van der Waals surface area (Å²) in [6.07, 6.45) is -0.547. The number of rotatable bonds is 2. The fraction of sp³-hybridized carbons (Fsp3) is 0.0588. The maximum atomic E-state index is 10.7. The molecule has 0 aliphatic carbocycles. The molecule has 1 atom stereocenters. The summed E-state index contributed by atoms with van der Waals surface area (Å²) in [6, 6.07) is 18.6. The van der Waals surface area contributed by atoms with Crippen molar-refractivity contribution in [3.05, 3.63) is 70.4 Å². The highest BCUT2D eigenvalue weighted by Gasteiger charge is 2.16. The van der Waals surface area contributed by atoms with Crippen molar-refractivity contribution in [1.29, 1.82) is 0 Å². The van der Waals surface area contributed by atoms with Gasteiger partial charge in [0.25, 0.3) is 0 Å². The van der Waals surface area contributed by atoms with Crippen molar-refractivity contribution >= 4 is 42.8 Å². The zero-order chi connectivity index (χ0) is 13.5. The minimum absolute atomic E-state index is 0.547. The van der Waals surface area contributed by atoms with Crippen LogP contribution < -0.4 is 0 Å². The van der Waals surface area contributed by atoms with E-state index in [0.717, 1.165) is 10.4 Å². The Morgan fingerprint density at radius 1 is 0.900 bits per heavy atom. The van der Waals surface area contributed by atoms with Gasteiger partial charge >= 0.3 is 0 Å². The predicted octanol–water partition coefficient (Wildman–Crippen LogP) is 5.20. The Balaban J connectivity index is 1.87. The van der Waals surface area contributed by atoms with E-state index in [0.29, 0.717) is 0 Å². The molecule has 0 spiro atoms. The van der Waals surface area contributed by atoms with Crippen molar-refractivity contribution in [2.75, 3.05) is 0 Å². The van der Waals surface area contributed by atoms with Gasteiger partial charge in [-0.25, -0.2) is 0 Å². The molecule has 1 unspecified atom stereocenters. The van der Waals surface area contributed by atoms with Crippen LogP contribution in [0.2, 0.25) is 0 Å². The highest BCUT2D eigenvalue weighted by Crippen LogP contribution is 2.37. The lowest BCUT2D eigenvalue weighted by Gasteiger charge is -2.09. The van der Waals surface area contributed by atoms with Gasteiger partial charge in [-0.3, -0.25) is 0 Å². The Morgan fingerprint density at radius 3 is 2.65 bits per heavy atom. The lowest BCUT2D eigenvalue weighted by molar-refractivity contribution is 0.226. The minimum Gasteiger partial charge on any atom is -0.383 e. The summed E-state index contributed by atoms with van der Waals surface area (Å²) in [6.45, 7) is 0. The molecule has 1 N–H and O–H groups in total. The Labute approximate surface area is 124 Å². The van der Waals surface area contributed by atoms with E-state index in [1.54, 1.807) is 22.7 Å². The smallest absolute Gasteiger partial charge is 0.115 e. The van der Waals surface area contributed by atoms with Crippen LogP contribution in [0, 0.1) is 0 Å². The molecule has 2 aromatic carbocycles. The molecule has 0 fully saturated rings. The monoisotopic (exact) mass is 296 g/mol. The van der Waals surface area contributed by atoms with Crippen LogP contribution in [-0.4, -0.2) is 5.11 Å². The molecule has 4 rings (SSSR count). The van der Waals surface area contributed by atoms with E-state index >= 15 is 0 Å². The molecule has 0 bridgehead atoms. The van der Waals surface area contributed by atoms with E-state index in [9.17, 15) is 5.11 Å². The molecule has 4 aromatic rings. The molecule has 0 radical (unpaired) electrons. The molecule has 2 heterocycles. The maximum absolute atomic E-state index is 10.7. The highest BCUT2D eigenvalue weighted by molar-refractivity contribution is 7.19. The van der Waals surface area contributed by atoms with Crippen molar-refractivity contribution in [2.45, 2.75) is 6.10 Å². The average Bonchev–Trinajstić information content (AvgIpc) is 3.12. The Hall–Kier alpha value is -1.68. The average molecular weight is 296 g/mol. The van der Waals surface area contributed by atoms with E-state index in [1.165, 1.54) is 20.2 Å². The number of benzene rings is 2. The summed E-state index contributed by atoms with van der Waals surface area (Å²) in [5.74, 6) is 0. The number of aliphatic hydroxyl groups is 1. The van der Waals surface area contributed by atoms with Gasteiger partial charge in [-0.1, -0.05) is 36.4 Å². The third-order valence-corrected chi connectivity index (χ3v) is 5.67. The zero-order valence-corrected chi connectivity index (χ0v) is 12.2. The van der Waals surface area contributed by atoms with Crippen LogP contribution in [0.5, 0.6) is 0 Å². The van der Waals surface area contributed by atoms with Crippen LogP contribution in [0.1, 0.15) is 16.5 Å². The van der Waals surface area contributed by atoms with Crippen molar-refractivity contribution in [3.63, 3.8) is 0 Å². The van der Waals surface area contributed by atoms with Crippen molar-refractivity contribution in [1.82, 2.24) is 0 Å². The van der Waals surface area contributed by atoms with Crippen LogP contribution in [-0.2, 0) is 0 Å². The zero-order valence-electron chi connectivity index (χ0n) is 10.6. The van der Waals surface area contributed by atoms with Crippen molar-refractivity contribution in [3.8, 4) is 0 Å². The Morgan fingerprint density at radius 2 is 1.75 bits per heavy atom. The molecule has 1 nitrogen and oxygen atoms in total.